The Labute approximate surface area is 118 Å². The lowest BCUT2D eigenvalue weighted by atomic mass is 10.2. The maximum atomic E-state index is 12.4. The number of aromatic nitrogens is 2. The third-order valence-corrected chi connectivity index (χ3v) is 2.78. The van der Waals surface area contributed by atoms with Crippen molar-refractivity contribution in [3.8, 4) is 0 Å². The fourth-order valence-electron chi connectivity index (χ4n) is 1.67. The molecule has 21 heavy (non-hydrogen) atoms. The summed E-state index contributed by atoms with van der Waals surface area (Å²) in [6.07, 6.45) is -1.15. The van der Waals surface area contributed by atoms with Crippen LogP contribution >= 0.6 is 0 Å². The number of carbonyl (C=O) groups excluding carboxylic acids is 1. The van der Waals surface area contributed by atoms with Crippen LogP contribution in [-0.2, 0) is 12.7 Å². The van der Waals surface area contributed by atoms with Crippen LogP contribution in [0, 0.1) is 0 Å². The number of nitrogens with zero attached hydrogens (tertiary/aromatic N) is 2. The van der Waals surface area contributed by atoms with Gasteiger partial charge in [-0.05, 0) is 24.3 Å². The number of H-pyrrole nitrogens is 1. The number of amides is 2. The molecule has 2 amide bonds. The molecule has 0 aliphatic rings. The number of rotatable bonds is 3. The maximum absolute atomic E-state index is 12.4. The van der Waals surface area contributed by atoms with Crippen LogP contribution in [0.3, 0.4) is 0 Å². The molecule has 5 nitrogen and oxygen atoms in total. The molecule has 1 aromatic carbocycles. The number of anilines is 1. The summed E-state index contributed by atoms with van der Waals surface area (Å²) in [5, 5.41) is 8.91. The van der Waals surface area contributed by atoms with Crippen LogP contribution < -0.4 is 5.32 Å². The number of hydrogen-bond acceptors (Lipinski definition) is 2. The summed E-state index contributed by atoms with van der Waals surface area (Å²) >= 11 is 0. The second-order valence-corrected chi connectivity index (χ2v) is 4.47. The largest absolute Gasteiger partial charge is 0.416 e. The van der Waals surface area contributed by atoms with Crippen LogP contribution in [0.4, 0.5) is 23.7 Å². The Bertz CT molecular complexity index is 593. The first kappa shape index (κ1) is 14.9. The summed E-state index contributed by atoms with van der Waals surface area (Å²) < 4.78 is 37.3. The third kappa shape index (κ3) is 3.98. The van der Waals surface area contributed by atoms with Crippen molar-refractivity contribution in [2.75, 3.05) is 12.4 Å². The molecule has 1 heterocycles. The molecule has 2 aromatic rings. The normalized spacial score (nSPS) is 11.2. The monoisotopic (exact) mass is 298 g/mol. The quantitative estimate of drug-likeness (QED) is 0.914. The lowest BCUT2D eigenvalue weighted by Crippen LogP contribution is -2.30. The third-order valence-electron chi connectivity index (χ3n) is 2.78. The van der Waals surface area contributed by atoms with Gasteiger partial charge < -0.3 is 10.2 Å². The Morgan fingerprint density at radius 3 is 2.52 bits per heavy atom. The number of carbonyl (C=O) groups is 1. The second kappa shape index (κ2) is 5.86. The number of halogens is 3. The zero-order chi connectivity index (χ0) is 15.5. The van der Waals surface area contributed by atoms with Gasteiger partial charge >= 0.3 is 12.2 Å². The SMILES string of the molecule is CN(Cc1cn[nH]c1)C(=O)Nc1ccc(C(F)(F)F)cc1. The average molecular weight is 298 g/mol. The highest BCUT2D eigenvalue weighted by Crippen LogP contribution is 2.29. The summed E-state index contributed by atoms with van der Waals surface area (Å²) in [5.41, 5.74) is 0.361. The lowest BCUT2D eigenvalue weighted by molar-refractivity contribution is -0.137. The standard InChI is InChI=1S/C13H13F3N4O/c1-20(8-9-6-17-18-7-9)12(21)19-11-4-2-10(3-5-11)13(14,15)16/h2-7H,8H2,1H3,(H,17,18)(H,19,21). The molecule has 0 aliphatic heterocycles. The molecule has 0 fully saturated rings. The van der Waals surface area contributed by atoms with Crippen molar-refractivity contribution in [1.29, 1.82) is 0 Å². The minimum atomic E-state index is -4.39. The summed E-state index contributed by atoms with van der Waals surface area (Å²) in [6, 6.07) is 3.85. The number of urea groups is 1. The van der Waals surface area contributed by atoms with E-state index in [-0.39, 0.29) is 0 Å². The van der Waals surface area contributed by atoms with Crippen molar-refractivity contribution in [3.05, 3.63) is 47.8 Å². The topological polar surface area (TPSA) is 61.0 Å². The summed E-state index contributed by atoms with van der Waals surface area (Å²) in [6.45, 7) is 0.336. The van der Waals surface area contributed by atoms with E-state index in [1.165, 1.54) is 17.0 Å². The number of aromatic amines is 1. The van der Waals surface area contributed by atoms with E-state index < -0.39 is 17.8 Å². The summed E-state index contributed by atoms with van der Waals surface area (Å²) in [5.74, 6) is 0. The molecule has 0 saturated carbocycles. The van der Waals surface area contributed by atoms with E-state index in [2.05, 4.69) is 15.5 Å². The molecule has 0 atom stereocenters. The van der Waals surface area contributed by atoms with Crippen molar-refractivity contribution in [3.63, 3.8) is 0 Å². The smallest absolute Gasteiger partial charge is 0.323 e. The molecule has 0 saturated heterocycles. The van der Waals surface area contributed by atoms with Gasteiger partial charge in [0.1, 0.15) is 0 Å². The lowest BCUT2D eigenvalue weighted by Gasteiger charge is -2.17. The fourth-order valence-corrected chi connectivity index (χ4v) is 1.67. The van der Waals surface area contributed by atoms with Gasteiger partial charge in [-0.2, -0.15) is 18.3 Å². The van der Waals surface area contributed by atoms with Crippen molar-refractivity contribution >= 4 is 11.7 Å². The van der Waals surface area contributed by atoms with E-state index in [4.69, 9.17) is 0 Å². The Morgan fingerprint density at radius 1 is 1.33 bits per heavy atom. The van der Waals surface area contributed by atoms with E-state index in [0.717, 1.165) is 17.7 Å². The number of hydrogen-bond donors (Lipinski definition) is 2. The van der Waals surface area contributed by atoms with Crippen molar-refractivity contribution < 1.29 is 18.0 Å². The Morgan fingerprint density at radius 2 is 2.00 bits per heavy atom. The zero-order valence-corrected chi connectivity index (χ0v) is 11.1. The van der Waals surface area contributed by atoms with Crippen LogP contribution in [-0.4, -0.2) is 28.2 Å². The average Bonchev–Trinajstić information content (AvgIpc) is 2.91. The van der Waals surface area contributed by atoms with Crippen LogP contribution in [0.15, 0.2) is 36.7 Å². The molecule has 0 bridgehead atoms. The molecular weight excluding hydrogens is 285 g/mol. The van der Waals surface area contributed by atoms with Gasteiger partial charge in [0.25, 0.3) is 0 Å². The summed E-state index contributed by atoms with van der Waals surface area (Å²) in [4.78, 5) is 13.3. The number of nitrogens with one attached hydrogen (secondary N) is 2. The van der Waals surface area contributed by atoms with E-state index in [0.29, 0.717) is 12.2 Å². The van der Waals surface area contributed by atoms with Gasteiger partial charge in [-0.3, -0.25) is 5.10 Å². The summed E-state index contributed by atoms with van der Waals surface area (Å²) in [7, 11) is 1.58. The van der Waals surface area contributed by atoms with E-state index in [9.17, 15) is 18.0 Å². The molecular formula is C13H13F3N4O. The number of alkyl halides is 3. The minimum absolute atomic E-state index is 0.298. The van der Waals surface area contributed by atoms with Gasteiger partial charge in [-0.15, -0.1) is 0 Å². The molecule has 0 aliphatic carbocycles. The van der Waals surface area contributed by atoms with Gasteiger partial charge in [0.15, 0.2) is 0 Å². The van der Waals surface area contributed by atoms with Crippen LogP contribution in [0.2, 0.25) is 0 Å². The predicted octanol–water partition coefficient (Wildman–Crippen LogP) is 3.09. The number of benzene rings is 1. The second-order valence-electron chi connectivity index (χ2n) is 4.47. The Balaban J connectivity index is 1.96. The first-order valence-corrected chi connectivity index (χ1v) is 6.03. The van der Waals surface area contributed by atoms with Gasteiger partial charge in [-0.1, -0.05) is 0 Å². The molecule has 0 radical (unpaired) electrons. The maximum Gasteiger partial charge on any atom is 0.416 e. The van der Waals surface area contributed by atoms with Crippen molar-refractivity contribution in [2.24, 2.45) is 0 Å². The van der Waals surface area contributed by atoms with E-state index in [1.807, 2.05) is 0 Å². The first-order valence-electron chi connectivity index (χ1n) is 6.03. The Hall–Kier alpha value is -2.51. The molecule has 8 heteroatoms. The molecule has 2 N–H and O–H groups in total. The molecule has 2 rings (SSSR count). The molecule has 0 spiro atoms. The first-order chi connectivity index (χ1) is 9.86. The van der Waals surface area contributed by atoms with Gasteiger partial charge in [-0.25, -0.2) is 4.79 Å². The highest BCUT2D eigenvalue weighted by Gasteiger charge is 2.30. The van der Waals surface area contributed by atoms with Crippen LogP contribution in [0.25, 0.3) is 0 Å². The highest BCUT2D eigenvalue weighted by molar-refractivity contribution is 5.89. The molecule has 1 aromatic heterocycles. The van der Waals surface area contributed by atoms with Crippen molar-refractivity contribution in [2.45, 2.75) is 12.7 Å². The van der Waals surface area contributed by atoms with Gasteiger partial charge in [0.2, 0.25) is 0 Å². The predicted molar refractivity (Wildman–Crippen MR) is 70.5 cm³/mol. The van der Waals surface area contributed by atoms with E-state index in [1.54, 1.807) is 19.4 Å². The highest BCUT2D eigenvalue weighted by atomic mass is 19.4. The minimum Gasteiger partial charge on any atom is -0.323 e. The van der Waals surface area contributed by atoms with Crippen LogP contribution in [0.5, 0.6) is 0 Å². The fraction of sp³-hybridized carbons (Fsp3) is 0.231. The molecule has 0 unspecified atom stereocenters. The Kier molecular flexibility index (Phi) is 4.15. The van der Waals surface area contributed by atoms with Crippen LogP contribution in [0.1, 0.15) is 11.1 Å². The van der Waals surface area contributed by atoms with Crippen molar-refractivity contribution in [1.82, 2.24) is 15.1 Å². The van der Waals surface area contributed by atoms with Gasteiger partial charge in [0, 0.05) is 24.5 Å². The van der Waals surface area contributed by atoms with Gasteiger partial charge in [0.05, 0.1) is 18.3 Å². The van der Waals surface area contributed by atoms with E-state index >= 15 is 0 Å². The molecule has 112 valence electrons. The zero-order valence-electron chi connectivity index (χ0n) is 11.1.